The summed E-state index contributed by atoms with van der Waals surface area (Å²) in [5.41, 5.74) is -3.43. The minimum absolute atomic E-state index is 0.138. The van der Waals surface area contributed by atoms with Gasteiger partial charge in [-0.25, -0.2) is 4.79 Å². The fraction of sp³-hybridized carbons (Fsp3) is 0.500. The highest BCUT2D eigenvalue weighted by Gasteiger charge is 2.67. The van der Waals surface area contributed by atoms with Crippen molar-refractivity contribution in [1.29, 1.82) is 0 Å². The van der Waals surface area contributed by atoms with Crippen LogP contribution in [0.1, 0.15) is 32.3 Å². The number of ether oxygens (including phenoxy) is 4. The summed E-state index contributed by atoms with van der Waals surface area (Å²) in [5.74, 6) is -5.60. The second-order valence-corrected chi connectivity index (χ2v) is 7.87. The van der Waals surface area contributed by atoms with Gasteiger partial charge in [0.05, 0.1) is 29.6 Å². The number of methoxy groups -OCH3 is 3. The number of carbonyl (C=O) groups is 3. The van der Waals surface area contributed by atoms with Crippen molar-refractivity contribution in [3.8, 4) is 0 Å². The maximum atomic E-state index is 13.3. The Kier molecular flexibility index (Phi) is 8.35. The van der Waals surface area contributed by atoms with E-state index in [2.05, 4.69) is 5.32 Å². The lowest BCUT2D eigenvalue weighted by atomic mass is 9.61. The summed E-state index contributed by atoms with van der Waals surface area (Å²) in [7, 11) is 3.45. The first kappa shape index (κ1) is 26.7. The summed E-state index contributed by atoms with van der Waals surface area (Å²) >= 11 is 0. The molecule has 1 aliphatic rings. The molecule has 1 aromatic rings. The van der Waals surface area contributed by atoms with E-state index in [0.717, 1.165) is 13.2 Å². The fourth-order valence-corrected chi connectivity index (χ4v) is 4.30. The summed E-state index contributed by atoms with van der Waals surface area (Å²) in [6.45, 7) is 4.64. The number of allylic oxidation sites excluding steroid dienone is 1. The number of hydrogen-bond acceptors (Lipinski definition) is 10. The lowest BCUT2D eigenvalue weighted by Crippen LogP contribution is -2.66. The zero-order valence-electron chi connectivity index (χ0n) is 19.7. The van der Waals surface area contributed by atoms with Gasteiger partial charge in [-0.2, -0.15) is 0 Å². The number of rotatable bonds is 9. The standard InChI is InChI=1S/C22H28N2O10/c1-11(2)34-18(25)15-12(3)23-17(19(31-4)32-5)22(20(26)27,21(28)33-6)16(15)13-9-7-8-10-14(13)24(29)30/h7-11,16-17,19,23H,1-6H3,(H,26,27). The van der Waals surface area contributed by atoms with Crippen LogP contribution in [-0.2, 0) is 33.3 Å². The van der Waals surface area contributed by atoms with Crippen molar-refractivity contribution >= 4 is 23.6 Å². The maximum Gasteiger partial charge on any atom is 0.336 e. The Labute approximate surface area is 196 Å². The molecule has 1 heterocycles. The highest BCUT2D eigenvalue weighted by Crippen LogP contribution is 2.52. The molecule has 3 atom stereocenters. The average molecular weight is 480 g/mol. The van der Waals surface area contributed by atoms with Gasteiger partial charge in [-0.1, -0.05) is 18.2 Å². The molecule has 2 rings (SSSR count). The van der Waals surface area contributed by atoms with Gasteiger partial charge < -0.3 is 29.4 Å². The molecule has 0 spiro atoms. The van der Waals surface area contributed by atoms with Gasteiger partial charge in [0.15, 0.2) is 6.29 Å². The Balaban J connectivity index is 3.08. The maximum absolute atomic E-state index is 13.3. The van der Waals surface area contributed by atoms with E-state index in [1.807, 2.05) is 0 Å². The minimum atomic E-state index is -2.62. The number of esters is 2. The van der Waals surface area contributed by atoms with Crippen LogP contribution < -0.4 is 5.32 Å². The molecule has 0 fully saturated rings. The smallest absolute Gasteiger partial charge is 0.336 e. The van der Waals surface area contributed by atoms with Crippen molar-refractivity contribution in [2.24, 2.45) is 5.41 Å². The van der Waals surface area contributed by atoms with E-state index in [1.54, 1.807) is 13.8 Å². The number of nitro groups is 1. The molecule has 0 saturated heterocycles. The zero-order chi connectivity index (χ0) is 25.8. The molecule has 3 unspecified atom stereocenters. The Morgan fingerprint density at radius 2 is 1.74 bits per heavy atom. The number of carboxylic acid groups (broad SMARTS) is 1. The molecule has 0 aromatic heterocycles. The molecule has 1 aromatic carbocycles. The number of aliphatic carboxylic acids is 1. The molecule has 0 bridgehead atoms. The summed E-state index contributed by atoms with van der Waals surface area (Å²) in [6.07, 6.45) is -1.92. The Bertz CT molecular complexity index is 1000. The number of para-hydroxylation sites is 1. The number of carboxylic acids is 1. The third-order valence-electron chi connectivity index (χ3n) is 5.63. The van der Waals surface area contributed by atoms with E-state index in [1.165, 1.54) is 39.3 Å². The summed E-state index contributed by atoms with van der Waals surface area (Å²) in [5, 5.41) is 25.3. The molecule has 12 nitrogen and oxygen atoms in total. The third-order valence-corrected chi connectivity index (χ3v) is 5.63. The second-order valence-electron chi connectivity index (χ2n) is 7.87. The van der Waals surface area contributed by atoms with Crippen molar-refractivity contribution in [2.75, 3.05) is 21.3 Å². The quantitative estimate of drug-likeness (QED) is 0.174. The van der Waals surface area contributed by atoms with Gasteiger partial charge in [0.25, 0.3) is 5.69 Å². The molecule has 0 radical (unpaired) electrons. The number of hydrogen-bond donors (Lipinski definition) is 2. The molecule has 186 valence electrons. The van der Waals surface area contributed by atoms with Crippen molar-refractivity contribution in [2.45, 2.75) is 45.1 Å². The molecule has 2 N–H and O–H groups in total. The van der Waals surface area contributed by atoms with Crippen LogP contribution in [-0.4, -0.2) is 67.7 Å². The van der Waals surface area contributed by atoms with Crippen molar-refractivity contribution in [3.63, 3.8) is 0 Å². The van der Waals surface area contributed by atoms with E-state index >= 15 is 0 Å². The van der Waals surface area contributed by atoms with Crippen LogP contribution >= 0.6 is 0 Å². The molecule has 34 heavy (non-hydrogen) atoms. The van der Waals surface area contributed by atoms with Gasteiger partial charge in [0, 0.05) is 31.5 Å². The van der Waals surface area contributed by atoms with Crippen LogP contribution in [0.4, 0.5) is 5.69 Å². The van der Waals surface area contributed by atoms with Crippen LogP contribution in [0, 0.1) is 15.5 Å². The van der Waals surface area contributed by atoms with Crippen molar-refractivity contribution < 1.29 is 43.4 Å². The fourth-order valence-electron chi connectivity index (χ4n) is 4.30. The predicted molar refractivity (Wildman–Crippen MR) is 117 cm³/mol. The van der Waals surface area contributed by atoms with Gasteiger partial charge in [0.1, 0.15) is 6.04 Å². The number of benzene rings is 1. The third kappa shape index (κ3) is 4.46. The number of nitrogens with zero attached hydrogens (tertiary/aromatic N) is 1. The van der Waals surface area contributed by atoms with Crippen LogP contribution in [0.3, 0.4) is 0 Å². The van der Waals surface area contributed by atoms with E-state index in [4.69, 9.17) is 18.9 Å². The second kappa shape index (κ2) is 10.6. The van der Waals surface area contributed by atoms with E-state index in [9.17, 15) is 29.6 Å². The Hall–Kier alpha value is -3.51. The number of nitro benzene ring substituents is 1. The van der Waals surface area contributed by atoms with Gasteiger partial charge >= 0.3 is 17.9 Å². The topological polar surface area (TPSA) is 164 Å². The first-order chi connectivity index (χ1) is 16.0. The normalized spacial score (nSPS) is 22.4. The molecule has 0 amide bonds. The first-order valence-corrected chi connectivity index (χ1v) is 10.3. The highest BCUT2D eigenvalue weighted by molar-refractivity contribution is 6.06. The first-order valence-electron chi connectivity index (χ1n) is 10.3. The van der Waals surface area contributed by atoms with Gasteiger partial charge in [-0.15, -0.1) is 0 Å². The summed E-state index contributed by atoms with van der Waals surface area (Å²) in [6, 6.07) is 3.81. The average Bonchev–Trinajstić information content (AvgIpc) is 2.78. The van der Waals surface area contributed by atoms with Crippen LogP contribution in [0.25, 0.3) is 0 Å². The van der Waals surface area contributed by atoms with E-state index < -0.39 is 58.3 Å². The Morgan fingerprint density at radius 1 is 1.15 bits per heavy atom. The highest BCUT2D eigenvalue weighted by atomic mass is 16.7. The van der Waals surface area contributed by atoms with Gasteiger partial charge in [0.2, 0.25) is 5.41 Å². The largest absolute Gasteiger partial charge is 0.480 e. The minimum Gasteiger partial charge on any atom is -0.480 e. The molecular weight excluding hydrogens is 452 g/mol. The summed E-state index contributed by atoms with van der Waals surface area (Å²) < 4.78 is 20.8. The Morgan fingerprint density at radius 3 is 2.21 bits per heavy atom. The monoisotopic (exact) mass is 480 g/mol. The van der Waals surface area contributed by atoms with Crippen molar-refractivity contribution in [3.05, 3.63) is 51.2 Å². The predicted octanol–water partition coefficient (Wildman–Crippen LogP) is 1.74. The zero-order valence-corrected chi connectivity index (χ0v) is 19.7. The SMILES string of the molecule is COC(=O)C1(C(=O)O)C(c2ccccc2[N+](=O)[O-])C(C(=O)OC(C)C)=C(C)NC1C(OC)OC. The van der Waals surface area contributed by atoms with E-state index in [-0.39, 0.29) is 16.8 Å². The number of nitrogens with one attached hydrogen (secondary N) is 1. The number of carbonyl (C=O) groups excluding carboxylic acids is 2. The lowest BCUT2D eigenvalue weighted by molar-refractivity contribution is -0.385. The molecule has 0 saturated carbocycles. The molecule has 12 heteroatoms. The van der Waals surface area contributed by atoms with Gasteiger partial charge in [-0.3, -0.25) is 19.7 Å². The molecule has 0 aliphatic carbocycles. The summed E-state index contributed by atoms with van der Waals surface area (Å²) in [4.78, 5) is 50.7. The molecular formula is C22H28N2O10. The molecule has 1 aliphatic heterocycles. The van der Waals surface area contributed by atoms with Crippen LogP contribution in [0.2, 0.25) is 0 Å². The van der Waals surface area contributed by atoms with Crippen molar-refractivity contribution in [1.82, 2.24) is 5.32 Å². The van der Waals surface area contributed by atoms with Gasteiger partial charge in [-0.05, 0) is 20.8 Å². The van der Waals surface area contributed by atoms with Crippen LogP contribution in [0.5, 0.6) is 0 Å². The lowest BCUT2D eigenvalue weighted by Gasteiger charge is -2.47. The van der Waals surface area contributed by atoms with Crippen LogP contribution in [0.15, 0.2) is 35.5 Å². The van der Waals surface area contributed by atoms with E-state index in [0.29, 0.717) is 0 Å².